The van der Waals surface area contributed by atoms with Crippen LogP contribution in [0, 0.1) is 0 Å². The van der Waals surface area contributed by atoms with Gasteiger partial charge in [0.25, 0.3) is 0 Å². The number of aromatic nitrogens is 1. The first kappa shape index (κ1) is 15.9. The topological polar surface area (TPSA) is 48.1 Å². The number of nitrogens with zero attached hydrogens (tertiary/aromatic N) is 1. The molecule has 0 aliphatic heterocycles. The monoisotopic (exact) mass is 307 g/mol. The third-order valence-corrected chi connectivity index (χ3v) is 4.24. The number of benzene rings is 1. The number of halogens is 1. The predicted molar refractivity (Wildman–Crippen MR) is 87.8 cm³/mol. The van der Waals surface area contributed by atoms with E-state index in [1.807, 2.05) is 38.5 Å². The van der Waals surface area contributed by atoms with Crippen LogP contribution in [-0.2, 0) is 11.2 Å². The van der Waals surface area contributed by atoms with Crippen LogP contribution < -0.4 is 5.32 Å². The average molecular weight is 308 g/mol. The minimum atomic E-state index is -0.0703. The number of fused-ring (bicyclic) bond motifs is 1. The van der Waals surface area contributed by atoms with Crippen molar-refractivity contribution in [2.75, 3.05) is 20.6 Å². The molecule has 2 rings (SSSR count). The van der Waals surface area contributed by atoms with Gasteiger partial charge >= 0.3 is 0 Å². The molecule has 2 aromatic rings. The molecule has 0 atom stereocenters. The number of amides is 1. The fourth-order valence-electron chi connectivity index (χ4n) is 2.01. The normalized spacial score (nSPS) is 12.1. The van der Waals surface area contributed by atoms with Crippen molar-refractivity contribution in [2.45, 2.75) is 25.8 Å². The van der Waals surface area contributed by atoms with Crippen LogP contribution in [0.1, 0.15) is 19.4 Å². The van der Waals surface area contributed by atoms with Gasteiger partial charge in [-0.3, -0.25) is 4.79 Å². The van der Waals surface area contributed by atoms with Crippen molar-refractivity contribution < 1.29 is 4.79 Å². The summed E-state index contributed by atoms with van der Waals surface area (Å²) < 4.78 is 0. The summed E-state index contributed by atoms with van der Waals surface area (Å²) in [5.74, 6) is 0.0193. The highest BCUT2D eigenvalue weighted by atomic mass is 35.5. The number of carbonyl (C=O) groups is 1. The van der Waals surface area contributed by atoms with Gasteiger partial charge < -0.3 is 15.2 Å². The van der Waals surface area contributed by atoms with Crippen LogP contribution in [0.5, 0.6) is 0 Å². The average Bonchev–Trinajstić information content (AvgIpc) is 2.79. The lowest BCUT2D eigenvalue weighted by atomic mass is 10.0. The highest BCUT2D eigenvalue weighted by Gasteiger charge is 2.21. The third kappa shape index (κ3) is 3.77. The van der Waals surface area contributed by atoms with E-state index in [2.05, 4.69) is 29.0 Å². The van der Waals surface area contributed by atoms with E-state index in [1.165, 1.54) is 0 Å². The van der Waals surface area contributed by atoms with Gasteiger partial charge in [0.05, 0.1) is 6.42 Å². The van der Waals surface area contributed by atoms with E-state index in [4.69, 9.17) is 11.6 Å². The Morgan fingerprint density at radius 1 is 1.38 bits per heavy atom. The second kappa shape index (κ2) is 6.08. The van der Waals surface area contributed by atoms with E-state index >= 15 is 0 Å². The van der Waals surface area contributed by atoms with E-state index in [-0.39, 0.29) is 11.4 Å². The van der Waals surface area contributed by atoms with Gasteiger partial charge in [-0.1, -0.05) is 11.6 Å². The Hall–Kier alpha value is -1.52. The second-order valence-electron chi connectivity index (χ2n) is 6.16. The molecule has 0 aliphatic rings. The molecule has 114 valence electrons. The van der Waals surface area contributed by atoms with Crippen molar-refractivity contribution in [1.29, 1.82) is 0 Å². The number of hydrogen-bond acceptors (Lipinski definition) is 2. The maximum atomic E-state index is 12.1. The van der Waals surface area contributed by atoms with E-state index in [9.17, 15) is 4.79 Å². The molecule has 0 spiro atoms. The molecule has 0 saturated carbocycles. The number of rotatable bonds is 5. The largest absolute Gasteiger partial charge is 0.361 e. The molecule has 0 unspecified atom stereocenters. The van der Waals surface area contributed by atoms with Crippen LogP contribution in [-0.4, -0.2) is 42.0 Å². The number of carbonyl (C=O) groups excluding carboxylic acids is 1. The van der Waals surface area contributed by atoms with Crippen LogP contribution >= 0.6 is 11.6 Å². The maximum Gasteiger partial charge on any atom is 0.224 e. The van der Waals surface area contributed by atoms with Crippen LogP contribution in [0.4, 0.5) is 0 Å². The molecule has 1 aromatic carbocycles. The molecule has 2 N–H and O–H groups in total. The van der Waals surface area contributed by atoms with Crippen molar-refractivity contribution in [3.63, 3.8) is 0 Å². The van der Waals surface area contributed by atoms with Crippen LogP contribution in [0.15, 0.2) is 24.4 Å². The highest BCUT2D eigenvalue weighted by molar-refractivity contribution is 6.31. The minimum Gasteiger partial charge on any atom is -0.361 e. The molecule has 1 heterocycles. The fraction of sp³-hybridized carbons (Fsp3) is 0.438. The molecule has 0 fully saturated rings. The summed E-state index contributed by atoms with van der Waals surface area (Å²) in [5.41, 5.74) is 1.89. The second-order valence-corrected chi connectivity index (χ2v) is 6.60. The Morgan fingerprint density at radius 3 is 2.76 bits per heavy atom. The number of hydrogen-bond donors (Lipinski definition) is 2. The van der Waals surface area contributed by atoms with Crippen LogP contribution in [0.2, 0.25) is 5.02 Å². The highest BCUT2D eigenvalue weighted by Crippen LogP contribution is 2.22. The summed E-state index contributed by atoms with van der Waals surface area (Å²) in [4.78, 5) is 17.4. The summed E-state index contributed by atoms with van der Waals surface area (Å²) in [6.45, 7) is 4.80. The van der Waals surface area contributed by atoms with Crippen molar-refractivity contribution in [3.8, 4) is 0 Å². The molecule has 21 heavy (non-hydrogen) atoms. The molecule has 0 bridgehead atoms. The van der Waals surface area contributed by atoms with E-state index in [1.54, 1.807) is 0 Å². The quantitative estimate of drug-likeness (QED) is 0.892. The van der Waals surface area contributed by atoms with Crippen molar-refractivity contribution in [3.05, 3.63) is 35.0 Å². The number of H-pyrrole nitrogens is 1. The van der Waals surface area contributed by atoms with Gasteiger partial charge in [-0.05, 0) is 51.7 Å². The van der Waals surface area contributed by atoms with Gasteiger partial charge in [-0.25, -0.2) is 0 Å². The van der Waals surface area contributed by atoms with Gasteiger partial charge in [0, 0.05) is 34.2 Å². The Labute approximate surface area is 130 Å². The summed E-state index contributed by atoms with van der Waals surface area (Å²) in [6, 6.07) is 5.65. The summed E-state index contributed by atoms with van der Waals surface area (Å²) in [7, 11) is 4.02. The summed E-state index contributed by atoms with van der Waals surface area (Å²) in [6.07, 6.45) is 2.22. The Bertz CT molecular complexity index is 646. The summed E-state index contributed by atoms with van der Waals surface area (Å²) in [5, 5.41) is 4.68. The fourth-order valence-corrected chi connectivity index (χ4v) is 2.18. The standard InChI is InChI=1S/C16H22ClN3O/c1-16(2,20(3)4)10-19-15(21)7-11-9-18-14-6-5-12(17)8-13(11)14/h5-6,8-9,18H,7,10H2,1-4H3,(H,19,21). The number of nitrogens with one attached hydrogen (secondary N) is 2. The van der Waals surface area contributed by atoms with E-state index in [0.29, 0.717) is 18.0 Å². The molecule has 1 amide bonds. The maximum absolute atomic E-state index is 12.1. The zero-order valence-electron chi connectivity index (χ0n) is 13.0. The molecular weight excluding hydrogens is 286 g/mol. The smallest absolute Gasteiger partial charge is 0.224 e. The van der Waals surface area contributed by atoms with E-state index in [0.717, 1.165) is 16.5 Å². The van der Waals surface area contributed by atoms with Gasteiger partial charge in [0.1, 0.15) is 0 Å². The van der Waals surface area contributed by atoms with Crippen LogP contribution in [0.25, 0.3) is 10.9 Å². The zero-order valence-corrected chi connectivity index (χ0v) is 13.7. The molecular formula is C16H22ClN3O. The van der Waals surface area contributed by atoms with Gasteiger partial charge in [-0.15, -0.1) is 0 Å². The van der Waals surface area contributed by atoms with Crippen molar-refractivity contribution in [2.24, 2.45) is 0 Å². The van der Waals surface area contributed by atoms with Crippen LogP contribution in [0.3, 0.4) is 0 Å². The van der Waals surface area contributed by atoms with Crippen molar-refractivity contribution >= 4 is 28.4 Å². The number of likely N-dealkylation sites (N-methyl/N-ethyl adjacent to an activating group) is 1. The molecule has 0 saturated heterocycles. The lowest BCUT2D eigenvalue weighted by Crippen LogP contribution is -2.48. The van der Waals surface area contributed by atoms with Gasteiger partial charge in [0.15, 0.2) is 0 Å². The zero-order chi connectivity index (χ0) is 15.6. The molecule has 1 aromatic heterocycles. The number of aromatic amines is 1. The lowest BCUT2D eigenvalue weighted by molar-refractivity contribution is -0.120. The lowest BCUT2D eigenvalue weighted by Gasteiger charge is -2.32. The van der Waals surface area contributed by atoms with E-state index < -0.39 is 0 Å². The van der Waals surface area contributed by atoms with Gasteiger partial charge in [-0.2, -0.15) is 0 Å². The molecule has 0 aliphatic carbocycles. The third-order valence-electron chi connectivity index (χ3n) is 4.01. The predicted octanol–water partition coefficient (Wildman–Crippen LogP) is 2.82. The minimum absolute atomic E-state index is 0.0193. The molecule has 0 radical (unpaired) electrons. The summed E-state index contributed by atoms with van der Waals surface area (Å²) >= 11 is 6.02. The Kier molecular flexibility index (Phi) is 4.59. The Balaban J connectivity index is 2.03. The molecule has 4 nitrogen and oxygen atoms in total. The first-order valence-electron chi connectivity index (χ1n) is 6.99. The van der Waals surface area contributed by atoms with Crippen molar-refractivity contribution in [1.82, 2.24) is 15.2 Å². The molecule has 5 heteroatoms. The Morgan fingerprint density at radius 2 is 2.10 bits per heavy atom. The SMILES string of the molecule is CN(C)C(C)(C)CNC(=O)Cc1c[nH]c2ccc(Cl)cc12. The first-order chi connectivity index (χ1) is 9.79. The van der Waals surface area contributed by atoms with Gasteiger partial charge in [0.2, 0.25) is 5.91 Å². The first-order valence-corrected chi connectivity index (χ1v) is 7.37.